The third-order valence-electron chi connectivity index (χ3n) is 7.48. The van der Waals surface area contributed by atoms with Crippen molar-refractivity contribution in [1.82, 2.24) is 49.9 Å². The molecule has 15 heteroatoms. The van der Waals surface area contributed by atoms with Crippen LogP contribution < -0.4 is 10.1 Å². The number of hydrogen-bond acceptors (Lipinski definition) is 9. The fourth-order valence-corrected chi connectivity index (χ4v) is 4.95. The van der Waals surface area contributed by atoms with E-state index < -0.39 is 23.1 Å². The number of fused-ring (bicyclic) bond motifs is 1. The molecule has 0 aliphatic heterocycles. The number of ether oxygens (including phenoxy) is 1. The third kappa shape index (κ3) is 5.65. The van der Waals surface area contributed by atoms with Gasteiger partial charge in [-0.3, -0.25) is 9.59 Å². The van der Waals surface area contributed by atoms with Crippen LogP contribution in [0.25, 0.3) is 11.3 Å². The number of tetrazole rings is 1. The topological polar surface area (TPSA) is 167 Å². The lowest BCUT2D eigenvalue weighted by Gasteiger charge is -2.20. The molecular weight excluding hydrogens is 559 g/mol. The van der Waals surface area contributed by atoms with Gasteiger partial charge in [0.15, 0.2) is 17.3 Å². The first-order chi connectivity index (χ1) is 20.6. The van der Waals surface area contributed by atoms with Crippen LogP contribution in [0.1, 0.15) is 65.5 Å². The Kier molecular flexibility index (Phi) is 7.07. The van der Waals surface area contributed by atoms with Crippen LogP contribution in [0.5, 0.6) is 5.75 Å². The van der Waals surface area contributed by atoms with Gasteiger partial charge in [-0.25, -0.2) is 18.7 Å². The molecule has 5 aromatic rings. The van der Waals surface area contributed by atoms with Crippen LogP contribution in [0.2, 0.25) is 0 Å². The summed E-state index contributed by atoms with van der Waals surface area (Å²) in [6.45, 7) is 3.46. The van der Waals surface area contributed by atoms with Gasteiger partial charge in [-0.05, 0) is 72.7 Å². The van der Waals surface area contributed by atoms with Gasteiger partial charge in [-0.15, -0.1) is 10.2 Å². The molecular formula is C28H29FN10O4. The number of pyridine rings is 1. The number of aliphatic carboxylic acids is 1. The van der Waals surface area contributed by atoms with Crippen LogP contribution in [0, 0.1) is 11.2 Å². The van der Waals surface area contributed by atoms with E-state index in [-0.39, 0.29) is 30.1 Å². The second kappa shape index (κ2) is 10.9. The number of halogens is 1. The number of carboxylic acid groups (broad SMARTS) is 1. The molecule has 0 bridgehead atoms. The lowest BCUT2D eigenvalue weighted by Crippen LogP contribution is -2.26. The molecule has 0 saturated heterocycles. The number of amides is 1. The molecule has 0 spiro atoms. The lowest BCUT2D eigenvalue weighted by molar-refractivity contribution is -0.146. The fraction of sp³-hybridized carbons (Fsp3) is 0.357. The van der Waals surface area contributed by atoms with Crippen molar-refractivity contribution in [2.75, 3.05) is 7.11 Å². The van der Waals surface area contributed by atoms with Gasteiger partial charge >= 0.3 is 5.97 Å². The van der Waals surface area contributed by atoms with E-state index in [9.17, 15) is 14.7 Å². The van der Waals surface area contributed by atoms with Crippen molar-refractivity contribution in [2.45, 2.75) is 52.1 Å². The summed E-state index contributed by atoms with van der Waals surface area (Å²) < 4.78 is 24.9. The number of benzene rings is 1. The van der Waals surface area contributed by atoms with Gasteiger partial charge in [0.05, 0.1) is 36.6 Å². The Bertz CT molecular complexity index is 1820. The first-order valence-corrected chi connectivity index (χ1v) is 13.6. The van der Waals surface area contributed by atoms with Crippen LogP contribution in [0.4, 0.5) is 4.39 Å². The van der Waals surface area contributed by atoms with Gasteiger partial charge in [-0.1, -0.05) is 11.3 Å². The van der Waals surface area contributed by atoms with E-state index >= 15 is 4.39 Å². The monoisotopic (exact) mass is 588 g/mol. The van der Waals surface area contributed by atoms with Crippen molar-refractivity contribution in [1.29, 1.82) is 0 Å². The Balaban J connectivity index is 1.20. The van der Waals surface area contributed by atoms with Crippen molar-refractivity contribution < 1.29 is 23.8 Å². The smallest absolute Gasteiger partial charge is 0.309 e. The van der Waals surface area contributed by atoms with E-state index in [1.807, 2.05) is 16.8 Å². The summed E-state index contributed by atoms with van der Waals surface area (Å²) >= 11 is 0. The molecule has 1 aliphatic carbocycles. The second-order valence-corrected chi connectivity index (χ2v) is 11.2. The molecule has 1 amide bonds. The van der Waals surface area contributed by atoms with Gasteiger partial charge in [0.1, 0.15) is 12.0 Å². The van der Waals surface area contributed by atoms with Gasteiger partial charge in [-0.2, -0.15) is 0 Å². The van der Waals surface area contributed by atoms with Crippen LogP contribution in [-0.4, -0.2) is 68.7 Å². The predicted octanol–water partition coefficient (Wildman–Crippen LogP) is 2.56. The van der Waals surface area contributed by atoms with Gasteiger partial charge < -0.3 is 19.6 Å². The Hall–Kier alpha value is -5.21. The molecule has 0 atom stereocenters. The zero-order valence-corrected chi connectivity index (χ0v) is 23.7. The minimum atomic E-state index is -0.955. The van der Waals surface area contributed by atoms with Crippen molar-refractivity contribution in [3.05, 3.63) is 77.0 Å². The Morgan fingerprint density at radius 2 is 2.00 bits per heavy atom. The number of aromatic nitrogens is 9. The van der Waals surface area contributed by atoms with E-state index in [0.29, 0.717) is 29.4 Å². The molecule has 1 saturated carbocycles. The molecule has 2 N–H and O–H groups in total. The van der Waals surface area contributed by atoms with Gasteiger partial charge in [0.2, 0.25) is 0 Å². The van der Waals surface area contributed by atoms with Crippen molar-refractivity contribution in [2.24, 2.45) is 5.41 Å². The first-order valence-electron chi connectivity index (χ1n) is 13.6. The van der Waals surface area contributed by atoms with E-state index in [0.717, 1.165) is 18.4 Å². The van der Waals surface area contributed by atoms with Crippen LogP contribution in [0.15, 0.2) is 43.1 Å². The highest BCUT2D eigenvalue weighted by Gasteiger charge is 2.31. The highest BCUT2D eigenvalue weighted by atomic mass is 19.1. The van der Waals surface area contributed by atoms with Crippen LogP contribution >= 0.6 is 0 Å². The molecule has 222 valence electrons. The number of nitrogens with zero attached hydrogens (tertiary/aromatic N) is 9. The summed E-state index contributed by atoms with van der Waals surface area (Å²) in [5.74, 6) is -1.59. The zero-order valence-electron chi connectivity index (χ0n) is 23.7. The molecule has 14 nitrogen and oxygen atoms in total. The zero-order chi connectivity index (χ0) is 30.3. The first kappa shape index (κ1) is 27.9. The van der Waals surface area contributed by atoms with Crippen molar-refractivity contribution in [3.63, 3.8) is 0 Å². The van der Waals surface area contributed by atoms with Gasteiger partial charge in [0, 0.05) is 24.5 Å². The molecule has 0 radical (unpaired) electrons. The summed E-state index contributed by atoms with van der Waals surface area (Å²) in [5.41, 5.74) is 2.95. The highest BCUT2D eigenvalue weighted by Crippen LogP contribution is 2.41. The second-order valence-electron chi connectivity index (χ2n) is 11.2. The number of rotatable bonds is 11. The molecule has 4 heterocycles. The maximum Gasteiger partial charge on any atom is 0.309 e. The summed E-state index contributed by atoms with van der Waals surface area (Å²) in [6.07, 6.45) is 9.28. The van der Waals surface area contributed by atoms with Crippen molar-refractivity contribution >= 4 is 17.5 Å². The molecule has 1 aromatic carbocycles. The lowest BCUT2D eigenvalue weighted by atomic mass is 9.86. The number of carbonyl (C=O) groups excluding carboxylic acids is 1. The average Bonchev–Trinajstić information content (AvgIpc) is 3.32. The average molecular weight is 589 g/mol. The molecule has 4 aromatic heterocycles. The summed E-state index contributed by atoms with van der Waals surface area (Å²) in [7, 11) is 1.35. The normalized spacial score (nSPS) is 13.4. The SMILES string of the molecule is COc1ccc(-n2cnnn2)c(CNC(=O)c2cn(Cc3cn4cc(C5CC5)cc(CC(C)(C)C(=O)O)c4n3)nn2)c1F. The number of imidazole rings is 1. The number of nitrogens with one attached hydrogen (secondary N) is 1. The summed E-state index contributed by atoms with van der Waals surface area (Å²) in [6, 6.07) is 5.11. The van der Waals surface area contributed by atoms with Crippen LogP contribution in [-0.2, 0) is 24.3 Å². The largest absolute Gasteiger partial charge is 0.494 e. The van der Waals surface area contributed by atoms with E-state index in [2.05, 4.69) is 37.2 Å². The minimum absolute atomic E-state index is 0.0124. The number of carboxylic acids is 1. The third-order valence-corrected chi connectivity index (χ3v) is 7.48. The van der Waals surface area contributed by atoms with E-state index in [1.165, 1.54) is 40.6 Å². The van der Waals surface area contributed by atoms with E-state index in [1.54, 1.807) is 19.9 Å². The maximum atomic E-state index is 15.1. The fourth-order valence-electron chi connectivity index (χ4n) is 4.95. The quantitative estimate of drug-likeness (QED) is 0.234. The molecule has 1 fully saturated rings. The number of carbonyl (C=O) groups is 2. The minimum Gasteiger partial charge on any atom is -0.494 e. The Labute approximate surface area is 244 Å². The van der Waals surface area contributed by atoms with Crippen LogP contribution in [0.3, 0.4) is 0 Å². The number of methoxy groups -OCH3 is 1. The Morgan fingerprint density at radius 1 is 1.19 bits per heavy atom. The van der Waals surface area contributed by atoms with Gasteiger partial charge in [0.25, 0.3) is 5.91 Å². The molecule has 6 rings (SSSR count). The van der Waals surface area contributed by atoms with E-state index in [4.69, 9.17) is 9.72 Å². The summed E-state index contributed by atoms with van der Waals surface area (Å²) in [4.78, 5) is 29.5. The molecule has 43 heavy (non-hydrogen) atoms. The molecule has 1 aliphatic rings. The predicted molar refractivity (Wildman–Crippen MR) is 148 cm³/mol. The number of hydrogen-bond donors (Lipinski definition) is 2. The maximum absolute atomic E-state index is 15.1. The highest BCUT2D eigenvalue weighted by molar-refractivity contribution is 5.91. The standard InChI is InChI=1S/C28H29FN10O4/c1-28(2,27(41)42)9-17-8-18(16-4-5-16)11-37-12-19(32-25(17)37)13-38-14-21(33-35-38)26(40)30-10-20-22(39-15-31-34-36-39)6-7-23(43-3)24(20)29/h6-8,11-12,14-16H,4-5,9-10,13H2,1-3H3,(H,30,40)(H,41,42). The summed E-state index contributed by atoms with van der Waals surface area (Å²) in [5, 5.41) is 31.4. The van der Waals surface area contributed by atoms with Crippen molar-refractivity contribution in [3.8, 4) is 11.4 Å². The Morgan fingerprint density at radius 3 is 2.70 bits per heavy atom. The molecule has 0 unspecified atom stereocenters.